The van der Waals surface area contributed by atoms with Gasteiger partial charge in [0.25, 0.3) is 0 Å². The van der Waals surface area contributed by atoms with Crippen LogP contribution < -0.4 is 10.7 Å². The van der Waals surface area contributed by atoms with Gasteiger partial charge in [-0.2, -0.15) is 0 Å². The Balaban J connectivity index is 1.99. The molecule has 0 aliphatic rings. The highest BCUT2D eigenvalue weighted by atomic mass is 16.6. The first kappa shape index (κ1) is 13.8. The second-order valence-electron chi connectivity index (χ2n) is 4.72. The van der Waals surface area contributed by atoms with Gasteiger partial charge in [0, 0.05) is 18.7 Å². The van der Waals surface area contributed by atoms with Crippen LogP contribution in [0.15, 0.2) is 63.8 Å². The standard InChI is InChI=1S/C16H12N2O4/c19-14-9-15(17-10-11-5-2-1-3-6-11)22-16-12(14)7-4-8-13(16)18(20)21/h1-9,17H,10H2. The molecule has 22 heavy (non-hydrogen) atoms. The van der Waals surface area contributed by atoms with E-state index in [9.17, 15) is 14.9 Å². The summed E-state index contributed by atoms with van der Waals surface area (Å²) in [4.78, 5) is 22.5. The molecule has 3 aromatic rings. The molecule has 1 aromatic heterocycles. The van der Waals surface area contributed by atoms with Crippen LogP contribution in [0.25, 0.3) is 11.0 Å². The highest BCUT2D eigenvalue weighted by Crippen LogP contribution is 2.25. The summed E-state index contributed by atoms with van der Waals surface area (Å²) in [5.74, 6) is 0.204. The van der Waals surface area contributed by atoms with Crippen molar-refractivity contribution in [2.45, 2.75) is 6.54 Å². The van der Waals surface area contributed by atoms with E-state index < -0.39 is 4.92 Å². The number of fused-ring (bicyclic) bond motifs is 1. The van der Waals surface area contributed by atoms with Crippen molar-refractivity contribution in [3.05, 3.63) is 80.5 Å². The van der Waals surface area contributed by atoms with Crippen LogP contribution in [0, 0.1) is 10.1 Å². The van der Waals surface area contributed by atoms with E-state index >= 15 is 0 Å². The minimum absolute atomic E-state index is 0.0180. The molecule has 6 heteroatoms. The van der Waals surface area contributed by atoms with Crippen LogP contribution in [-0.2, 0) is 6.54 Å². The summed E-state index contributed by atoms with van der Waals surface area (Å²) in [7, 11) is 0. The molecule has 0 saturated heterocycles. The molecule has 6 nitrogen and oxygen atoms in total. The number of para-hydroxylation sites is 1. The quantitative estimate of drug-likeness (QED) is 0.589. The van der Waals surface area contributed by atoms with Gasteiger partial charge in [0.15, 0.2) is 11.3 Å². The maximum atomic E-state index is 12.1. The third-order valence-electron chi connectivity index (χ3n) is 3.24. The van der Waals surface area contributed by atoms with Crippen molar-refractivity contribution in [3.8, 4) is 0 Å². The van der Waals surface area contributed by atoms with Gasteiger partial charge in [-0.3, -0.25) is 14.9 Å². The normalized spacial score (nSPS) is 10.5. The fraction of sp³-hybridized carbons (Fsp3) is 0.0625. The van der Waals surface area contributed by atoms with Crippen molar-refractivity contribution in [1.82, 2.24) is 0 Å². The number of anilines is 1. The second-order valence-corrected chi connectivity index (χ2v) is 4.72. The fourth-order valence-corrected chi connectivity index (χ4v) is 2.18. The van der Waals surface area contributed by atoms with E-state index in [-0.39, 0.29) is 28.0 Å². The number of benzene rings is 2. The minimum atomic E-state index is -0.563. The minimum Gasteiger partial charge on any atom is -0.433 e. The molecule has 0 unspecified atom stereocenters. The Labute approximate surface area is 125 Å². The van der Waals surface area contributed by atoms with Crippen molar-refractivity contribution in [1.29, 1.82) is 0 Å². The lowest BCUT2D eigenvalue weighted by atomic mass is 10.2. The molecular formula is C16H12N2O4. The zero-order valence-corrected chi connectivity index (χ0v) is 11.5. The van der Waals surface area contributed by atoms with Gasteiger partial charge in [0.2, 0.25) is 5.58 Å². The van der Waals surface area contributed by atoms with Crippen molar-refractivity contribution in [3.63, 3.8) is 0 Å². The van der Waals surface area contributed by atoms with Crippen molar-refractivity contribution in [2.75, 3.05) is 5.32 Å². The molecule has 0 amide bonds. The van der Waals surface area contributed by atoms with Crippen molar-refractivity contribution < 1.29 is 9.34 Å². The van der Waals surface area contributed by atoms with Gasteiger partial charge in [0.05, 0.1) is 10.3 Å². The molecule has 1 heterocycles. The van der Waals surface area contributed by atoms with Crippen LogP contribution in [0.4, 0.5) is 11.6 Å². The summed E-state index contributed by atoms with van der Waals surface area (Å²) in [5, 5.41) is 14.2. The van der Waals surface area contributed by atoms with E-state index in [2.05, 4.69) is 5.32 Å². The number of nitrogens with one attached hydrogen (secondary N) is 1. The number of nitro benzene ring substituents is 1. The van der Waals surface area contributed by atoms with E-state index in [1.54, 1.807) is 0 Å². The van der Waals surface area contributed by atoms with Crippen LogP contribution in [0.2, 0.25) is 0 Å². The Hall–Kier alpha value is -3.15. The van der Waals surface area contributed by atoms with Crippen LogP contribution in [0.3, 0.4) is 0 Å². The number of nitro groups is 1. The van der Waals surface area contributed by atoms with Gasteiger partial charge in [-0.05, 0) is 11.6 Å². The first-order valence-electron chi connectivity index (χ1n) is 6.64. The summed E-state index contributed by atoms with van der Waals surface area (Å²) in [5.41, 5.74) is 0.446. The number of rotatable bonds is 4. The van der Waals surface area contributed by atoms with Gasteiger partial charge in [0.1, 0.15) is 0 Å². The predicted octanol–water partition coefficient (Wildman–Crippen LogP) is 3.31. The zero-order valence-electron chi connectivity index (χ0n) is 11.5. The van der Waals surface area contributed by atoms with Gasteiger partial charge in [-0.25, -0.2) is 0 Å². The summed E-state index contributed by atoms with van der Waals surface area (Å²) < 4.78 is 5.50. The Kier molecular flexibility index (Phi) is 3.57. The monoisotopic (exact) mass is 296 g/mol. The van der Waals surface area contributed by atoms with Gasteiger partial charge >= 0.3 is 5.69 Å². The van der Waals surface area contributed by atoms with E-state index in [4.69, 9.17) is 4.42 Å². The maximum absolute atomic E-state index is 12.1. The number of non-ortho nitro benzene ring substituents is 1. The Morgan fingerprint density at radius 1 is 1.09 bits per heavy atom. The van der Waals surface area contributed by atoms with Gasteiger partial charge in [-0.1, -0.05) is 36.4 Å². The first-order valence-corrected chi connectivity index (χ1v) is 6.64. The average molecular weight is 296 g/mol. The fourth-order valence-electron chi connectivity index (χ4n) is 2.18. The average Bonchev–Trinajstić information content (AvgIpc) is 2.53. The van der Waals surface area contributed by atoms with E-state index in [1.165, 1.54) is 24.3 Å². The predicted molar refractivity (Wildman–Crippen MR) is 82.9 cm³/mol. The first-order chi connectivity index (χ1) is 10.6. The van der Waals surface area contributed by atoms with E-state index in [0.717, 1.165) is 5.56 Å². The van der Waals surface area contributed by atoms with Crippen molar-refractivity contribution in [2.24, 2.45) is 0 Å². The lowest BCUT2D eigenvalue weighted by Crippen LogP contribution is -2.06. The molecule has 0 aliphatic heterocycles. The molecule has 0 fully saturated rings. The molecule has 0 bridgehead atoms. The highest BCUT2D eigenvalue weighted by molar-refractivity contribution is 5.85. The Morgan fingerprint density at radius 3 is 2.59 bits per heavy atom. The molecule has 0 aliphatic carbocycles. The van der Waals surface area contributed by atoms with Crippen LogP contribution in [-0.4, -0.2) is 4.92 Å². The second kappa shape index (κ2) is 5.69. The summed E-state index contributed by atoms with van der Waals surface area (Å²) in [6.07, 6.45) is 0. The smallest absolute Gasteiger partial charge is 0.312 e. The molecule has 0 radical (unpaired) electrons. The van der Waals surface area contributed by atoms with E-state index in [1.807, 2.05) is 30.3 Å². The topological polar surface area (TPSA) is 85.4 Å². The molecule has 2 aromatic carbocycles. The van der Waals surface area contributed by atoms with Gasteiger partial charge in [-0.15, -0.1) is 0 Å². The lowest BCUT2D eigenvalue weighted by molar-refractivity contribution is -0.383. The molecule has 1 N–H and O–H groups in total. The zero-order chi connectivity index (χ0) is 15.5. The SMILES string of the molecule is O=c1cc(NCc2ccccc2)oc2c([N+](=O)[O-])cccc12. The van der Waals surface area contributed by atoms with Gasteiger partial charge < -0.3 is 9.73 Å². The Bertz CT molecular complexity index is 888. The third-order valence-corrected chi connectivity index (χ3v) is 3.24. The van der Waals surface area contributed by atoms with Crippen molar-refractivity contribution >= 4 is 22.5 Å². The third kappa shape index (κ3) is 2.67. The van der Waals surface area contributed by atoms with Crippen LogP contribution >= 0.6 is 0 Å². The maximum Gasteiger partial charge on any atom is 0.312 e. The van der Waals surface area contributed by atoms with Crippen LogP contribution in [0.1, 0.15) is 5.56 Å². The molecule has 0 spiro atoms. The number of hydrogen-bond acceptors (Lipinski definition) is 5. The molecular weight excluding hydrogens is 284 g/mol. The summed E-state index contributed by atoms with van der Waals surface area (Å²) in [6, 6.07) is 15.1. The molecule has 3 rings (SSSR count). The Morgan fingerprint density at radius 2 is 1.86 bits per heavy atom. The summed E-state index contributed by atoms with van der Waals surface area (Å²) >= 11 is 0. The van der Waals surface area contributed by atoms with Crippen LogP contribution in [0.5, 0.6) is 0 Å². The molecule has 0 atom stereocenters. The summed E-state index contributed by atoms with van der Waals surface area (Å²) in [6.45, 7) is 0.454. The molecule has 0 saturated carbocycles. The van der Waals surface area contributed by atoms with E-state index in [0.29, 0.717) is 6.54 Å². The highest BCUT2D eigenvalue weighted by Gasteiger charge is 2.16. The largest absolute Gasteiger partial charge is 0.433 e. The molecule has 110 valence electrons. The number of nitrogens with zero attached hydrogens (tertiary/aromatic N) is 1. The number of hydrogen-bond donors (Lipinski definition) is 1. The lowest BCUT2D eigenvalue weighted by Gasteiger charge is -2.06.